The van der Waals surface area contributed by atoms with Gasteiger partial charge < -0.3 is 15.4 Å². The Morgan fingerprint density at radius 3 is 2.16 bits per heavy atom. The van der Waals surface area contributed by atoms with Crippen LogP contribution >= 0.6 is 27.5 Å². The van der Waals surface area contributed by atoms with Gasteiger partial charge in [-0.3, -0.25) is 4.79 Å². The lowest BCUT2D eigenvalue weighted by molar-refractivity contribution is -0.348. The molecular formula is C19H15BrClF7N2O2. The second-order valence-corrected chi connectivity index (χ2v) is 7.60. The van der Waals surface area contributed by atoms with Crippen molar-refractivity contribution >= 4 is 44.8 Å². The van der Waals surface area contributed by atoms with Crippen LogP contribution in [-0.2, 0) is 5.67 Å². The molecule has 2 N–H and O–H groups in total. The van der Waals surface area contributed by atoms with E-state index in [4.69, 9.17) is 16.3 Å². The van der Waals surface area contributed by atoms with Crippen LogP contribution in [0.1, 0.15) is 22.8 Å². The Kier molecular flexibility index (Phi) is 7.60. The molecule has 13 heteroatoms. The normalized spacial score (nSPS) is 12.5. The van der Waals surface area contributed by atoms with Crippen LogP contribution in [0.4, 0.5) is 42.1 Å². The van der Waals surface area contributed by atoms with E-state index in [1.165, 1.54) is 19.2 Å². The fraction of sp³-hybridized carbons (Fsp3) is 0.316. The van der Waals surface area contributed by atoms with E-state index >= 15 is 0 Å². The monoisotopic (exact) mass is 550 g/mol. The molecule has 0 fully saturated rings. The molecular weight excluding hydrogens is 537 g/mol. The summed E-state index contributed by atoms with van der Waals surface area (Å²) in [6, 6.07) is 4.96. The van der Waals surface area contributed by atoms with Gasteiger partial charge in [0.25, 0.3) is 5.91 Å². The first-order valence-electron chi connectivity index (χ1n) is 8.73. The molecule has 176 valence electrons. The third kappa shape index (κ3) is 4.75. The maximum absolute atomic E-state index is 14.3. The van der Waals surface area contributed by atoms with E-state index < -0.39 is 39.0 Å². The standard InChI is InChI=1S/C19H15BrClF7N2O2/c1-3-29-13-6-4-5-10(15(13)32-2)16(31)30-14-11(20)7-9(8-12(14)21)17(22,18(23,24)25)19(26,27)28/h4-8,29H,3H2,1-2H3,(H,30,31). The molecule has 0 unspecified atom stereocenters. The third-order valence-electron chi connectivity index (χ3n) is 4.29. The van der Waals surface area contributed by atoms with Crippen molar-refractivity contribution in [2.24, 2.45) is 0 Å². The number of ether oxygens (including phenoxy) is 1. The summed E-state index contributed by atoms with van der Waals surface area (Å²) in [5.41, 5.74) is -7.34. The highest BCUT2D eigenvalue weighted by atomic mass is 79.9. The second kappa shape index (κ2) is 9.34. The maximum atomic E-state index is 14.3. The topological polar surface area (TPSA) is 50.4 Å². The summed E-state index contributed by atoms with van der Waals surface area (Å²) in [4.78, 5) is 12.7. The van der Waals surface area contributed by atoms with Gasteiger partial charge in [-0.05, 0) is 47.1 Å². The highest BCUT2D eigenvalue weighted by Crippen LogP contribution is 2.54. The fourth-order valence-corrected chi connectivity index (χ4v) is 3.77. The van der Waals surface area contributed by atoms with Gasteiger partial charge in [0.1, 0.15) is 0 Å². The maximum Gasteiger partial charge on any atom is 0.435 e. The lowest BCUT2D eigenvalue weighted by atomic mass is 9.94. The fourth-order valence-electron chi connectivity index (χ4n) is 2.83. The van der Waals surface area contributed by atoms with Gasteiger partial charge in [-0.15, -0.1) is 0 Å². The Hall–Kier alpha value is -2.21. The Morgan fingerprint density at radius 1 is 1.09 bits per heavy atom. The van der Waals surface area contributed by atoms with E-state index in [2.05, 4.69) is 26.6 Å². The molecule has 0 heterocycles. The minimum atomic E-state index is -6.31. The smallest absolute Gasteiger partial charge is 0.435 e. The largest absolute Gasteiger partial charge is 0.494 e. The molecule has 0 aliphatic carbocycles. The van der Waals surface area contributed by atoms with Crippen LogP contribution in [0.2, 0.25) is 5.02 Å². The number of hydrogen-bond acceptors (Lipinski definition) is 3. The lowest BCUT2D eigenvalue weighted by Gasteiger charge is -2.30. The van der Waals surface area contributed by atoms with Crippen molar-refractivity contribution < 1.29 is 40.3 Å². The van der Waals surface area contributed by atoms with Crippen molar-refractivity contribution in [2.75, 3.05) is 24.3 Å². The molecule has 0 radical (unpaired) electrons. The minimum Gasteiger partial charge on any atom is -0.494 e. The minimum absolute atomic E-state index is 0.00316. The number of halogens is 9. The van der Waals surface area contributed by atoms with Gasteiger partial charge in [0.05, 0.1) is 29.1 Å². The quantitative estimate of drug-likeness (QED) is 0.377. The van der Waals surface area contributed by atoms with Crippen LogP contribution in [0, 0.1) is 0 Å². The van der Waals surface area contributed by atoms with E-state index in [-0.39, 0.29) is 29.1 Å². The van der Waals surface area contributed by atoms with Gasteiger partial charge in [0.15, 0.2) is 5.75 Å². The first-order chi connectivity index (χ1) is 14.7. The molecule has 2 rings (SSSR count). The summed E-state index contributed by atoms with van der Waals surface area (Å²) in [5.74, 6) is -0.678. The Morgan fingerprint density at radius 2 is 1.69 bits per heavy atom. The van der Waals surface area contributed by atoms with E-state index in [1.54, 1.807) is 13.0 Å². The Labute approximate surface area is 191 Å². The van der Waals surface area contributed by atoms with Gasteiger partial charge in [-0.1, -0.05) is 17.7 Å². The second-order valence-electron chi connectivity index (χ2n) is 6.34. The van der Waals surface area contributed by atoms with E-state index in [1.807, 2.05) is 0 Å². The van der Waals surface area contributed by atoms with Crippen LogP contribution in [0.5, 0.6) is 5.75 Å². The first kappa shape index (κ1) is 26.0. The van der Waals surface area contributed by atoms with E-state index in [0.29, 0.717) is 12.2 Å². The molecule has 2 aromatic carbocycles. The summed E-state index contributed by atoms with van der Waals surface area (Å²) in [7, 11) is 1.31. The number of alkyl halides is 7. The van der Waals surface area contributed by atoms with E-state index in [9.17, 15) is 35.5 Å². The average Bonchev–Trinajstić information content (AvgIpc) is 2.68. The average molecular weight is 552 g/mol. The predicted molar refractivity (Wildman–Crippen MR) is 109 cm³/mol. The predicted octanol–water partition coefficient (Wildman–Crippen LogP) is 7.08. The van der Waals surface area contributed by atoms with Gasteiger partial charge >= 0.3 is 18.0 Å². The number of amides is 1. The summed E-state index contributed by atoms with van der Waals surface area (Å²) in [6.45, 7) is 2.31. The van der Waals surface area contributed by atoms with Crippen LogP contribution in [0.15, 0.2) is 34.8 Å². The molecule has 1 amide bonds. The summed E-state index contributed by atoms with van der Waals surface area (Å²) in [6.07, 6.45) is -12.6. The molecule has 2 aromatic rings. The van der Waals surface area contributed by atoms with Crippen molar-refractivity contribution in [3.05, 3.63) is 51.0 Å². The van der Waals surface area contributed by atoms with Crippen LogP contribution in [0.25, 0.3) is 0 Å². The number of para-hydroxylation sites is 1. The summed E-state index contributed by atoms with van der Waals surface area (Å²) < 4.78 is 97.2. The number of hydrogen-bond donors (Lipinski definition) is 2. The van der Waals surface area contributed by atoms with Gasteiger partial charge in [-0.2, -0.15) is 26.3 Å². The zero-order chi connectivity index (χ0) is 24.5. The summed E-state index contributed by atoms with van der Waals surface area (Å²) >= 11 is 8.59. The zero-order valence-corrected chi connectivity index (χ0v) is 18.7. The van der Waals surface area contributed by atoms with Gasteiger partial charge in [0.2, 0.25) is 0 Å². The van der Waals surface area contributed by atoms with Crippen LogP contribution in [0.3, 0.4) is 0 Å². The molecule has 0 aliphatic rings. The molecule has 0 saturated heterocycles. The van der Waals surface area contributed by atoms with Crippen molar-refractivity contribution in [1.82, 2.24) is 0 Å². The van der Waals surface area contributed by atoms with Crippen molar-refractivity contribution in [3.63, 3.8) is 0 Å². The zero-order valence-electron chi connectivity index (χ0n) is 16.3. The highest BCUT2D eigenvalue weighted by Gasteiger charge is 2.73. The Balaban J connectivity index is 2.51. The number of nitrogens with one attached hydrogen (secondary N) is 2. The molecule has 0 spiro atoms. The first-order valence-corrected chi connectivity index (χ1v) is 9.90. The molecule has 0 aromatic heterocycles. The van der Waals surface area contributed by atoms with Gasteiger partial charge in [0, 0.05) is 16.6 Å². The van der Waals surface area contributed by atoms with Crippen molar-refractivity contribution in [2.45, 2.75) is 24.9 Å². The molecule has 0 atom stereocenters. The number of anilines is 2. The van der Waals surface area contributed by atoms with Gasteiger partial charge in [-0.25, -0.2) is 4.39 Å². The molecule has 0 bridgehead atoms. The molecule has 0 aliphatic heterocycles. The van der Waals surface area contributed by atoms with Crippen molar-refractivity contribution in [3.8, 4) is 5.75 Å². The number of methoxy groups -OCH3 is 1. The van der Waals surface area contributed by atoms with Crippen LogP contribution in [-0.4, -0.2) is 31.9 Å². The number of rotatable bonds is 6. The lowest BCUT2D eigenvalue weighted by Crippen LogP contribution is -2.50. The van der Waals surface area contributed by atoms with Crippen LogP contribution < -0.4 is 15.4 Å². The molecule has 0 saturated carbocycles. The number of benzene rings is 2. The summed E-state index contributed by atoms with van der Waals surface area (Å²) in [5, 5.41) is 4.50. The third-order valence-corrected chi connectivity index (χ3v) is 5.21. The van der Waals surface area contributed by atoms with Crippen molar-refractivity contribution in [1.29, 1.82) is 0 Å². The molecule has 32 heavy (non-hydrogen) atoms. The number of carbonyl (C=O) groups excluding carboxylic acids is 1. The Bertz CT molecular complexity index is 975. The highest BCUT2D eigenvalue weighted by molar-refractivity contribution is 9.10. The number of carbonyl (C=O) groups is 1. The van der Waals surface area contributed by atoms with E-state index in [0.717, 1.165) is 0 Å². The SMILES string of the molecule is CCNc1cccc(C(=O)Nc2c(Cl)cc(C(F)(C(F)(F)F)C(F)(F)F)cc2Br)c1OC. The molecule has 4 nitrogen and oxygen atoms in total.